The summed E-state index contributed by atoms with van der Waals surface area (Å²) in [5.41, 5.74) is 0.979. The van der Waals surface area contributed by atoms with Crippen LogP contribution in [0, 0.1) is 11.8 Å². The summed E-state index contributed by atoms with van der Waals surface area (Å²) >= 11 is 3.34. The van der Waals surface area contributed by atoms with Crippen LogP contribution < -0.4 is 10.0 Å². The maximum atomic E-state index is 12.4. The molecule has 4 nitrogen and oxygen atoms in total. The minimum absolute atomic E-state index is 0.326. The van der Waals surface area contributed by atoms with E-state index >= 15 is 0 Å². The van der Waals surface area contributed by atoms with E-state index in [1.165, 1.54) is 0 Å². The highest BCUT2D eigenvalue weighted by Crippen LogP contribution is 2.37. The number of hydrogen-bond donors (Lipinski definition) is 2. The molecule has 1 aromatic carbocycles. The van der Waals surface area contributed by atoms with Crippen molar-refractivity contribution in [2.24, 2.45) is 11.8 Å². The van der Waals surface area contributed by atoms with E-state index in [0.717, 1.165) is 24.9 Å². The summed E-state index contributed by atoms with van der Waals surface area (Å²) in [6.45, 7) is 6.40. The van der Waals surface area contributed by atoms with Crippen molar-refractivity contribution in [3.8, 4) is 0 Å². The lowest BCUT2D eigenvalue weighted by Gasteiger charge is -2.11. The Labute approximate surface area is 135 Å². The fourth-order valence-electron chi connectivity index (χ4n) is 2.25. The van der Waals surface area contributed by atoms with Gasteiger partial charge in [-0.3, -0.25) is 0 Å². The summed E-state index contributed by atoms with van der Waals surface area (Å²) in [6, 6.07) is 5.48. The lowest BCUT2D eigenvalue weighted by molar-refractivity contribution is 0.573. The zero-order valence-corrected chi connectivity index (χ0v) is 14.9. The van der Waals surface area contributed by atoms with Crippen LogP contribution in [0.3, 0.4) is 0 Å². The van der Waals surface area contributed by atoms with Gasteiger partial charge in [-0.1, -0.05) is 19.9 Å². The van der Waals surface area contributed by atoms with Gasteiger partial charge >= 0.3 is 0 Å². The second-order valence-electron chi connectivity index (χ2n) is 5.77. The van der Waals surface area contributed by atoms with Crippen molar-refractivity contribution in [2.45, 2.75) is 38.1 Å². The number of sulfonamides is 1. The van der Waals surface area contributed by atoms with Crippen LogP contribution in [0.1, 0.15) is 32.3 Å². The Bertz CT molecular complexity index is 589. The highest BCUT2D eigenvalue weighted by molar-refractivity contribution is 9.10. The molecule has 2 N–H and O–H groups in total. The minimum Gasteiger partial charge on any atom is -0.313 e. The fourth-order valence-corrected chi connectivity index (χ4v) is 4.36. The molecule has 0 amide bonds. The first-order chi connectivity index (χ1) is 9.94. The number of rotatable bonds is 8. The summed E-state index contributed by atoms with van der Waals surface area (Å²) in [6.07, 6.45) is 2.17. The van der Waals surface area contributed by atoms with Crippen LogP contribution in [0.15, 0.2) is 27.6 Å². The second kappa shape index (κ2) is 7.22. The zero-order chi connectivity index (χ0) is 15.5. The zero-order valence-electron chi connectivity index (χ0n) is 12.5. The molecule has 6 heteroatoms. The minimum atomic E-state index is -3.45. The number of halogens is 1. The smallest absolute Gasteiger partial charge is 0.241 e. The monoisotopic (exact) mass is 374 g/mol. The van der Waals surface area contributed by atoms with E-state index in [0.29, 0.717) is 34.3 Å². The largest absolute Gasteiger partial charge is 0.313 e. The molecule has 1 fully saturated rings. The molecule has 0 bridgehead atoms. The van der Waals surface area contributed by atoms with E-state index < -0.39 is 10.0 Å². The molecule has 118 valence electrons. The van der Waals surface area contributed by atoms with Crippen molar-refractivity contribution >= 4 is 26.0 Å². The van der Waals surface area contributed by atoms with Crippen LogP contribution in [0.4, 0.5) is 0 Å². The van der Waals surface area contributed by atoms with E-state index in [1.807, 2.05) is 6.07 Å². The van der Waals surface area contributed by atoms with Crippen LogP contribution in [-0.4, -0.2) is 21.5 Å². The fraction of sp³-hybridized carbons (Fsp3) is 0.600. The van der Waals surface area contributed by atoms with Gasteiger partial charge in [0.05, 0.1) is 4.90 Å². The SMILES string of the molecule is CCCNCc1ccc(Br)c(S(=O)(=O)NCC2CC2C)c1. The molecule has 0 aromatic heterocycles. The van der Waals surface area contributed by atoms with E-state index in [2.05, 4.69) is 39.8 Å². The van der Waals surface area contributed by atoms with Crippen LogP contribution in [0.5, 0.6) is 0 Å². The van der Waals surface area contributed by atoms with Crippen LogP contribution in [0.2, 0.25) is 0 Å². The normalized spacial score (nSPS) is 21.5. The molecule has 1 saturated carbocycles. The third kappa shape index (κ3) is 4.77. The molecule has 2 unspecified atom stereocenters. The first-order valence-electron chi connectivity index (χ1n) is 7.43. The molecule has 21 heavy (non-hydrogen) atoms. The van der Waals surface area contributed by atoms with Gasteiger partial charge in [0, 0.05) is 17.6 Å². The van der Waals surface area contributed by atoms with E-state index in [-0.39, 0.29) is 0 Å². The van der Waals surface area contributed by atoms with Crippen molar-refractivity contribution in [3.63, 3.8) is 0 Å². The third-order valence-electron chi connectivity index (χ3n) is 3.85. The highest BCUT2D eigenvalue weighted by atomic mass is 79.9. The molecule has 0 radical (unpaired) electrons. The standard InChI is InChI=1S/C15H23BrN2O2S/c1-3-6-17-9-12-4-5-14(16)15(8-12)21(19,20)18-10-13-7-11(13)2/h4-5,8,11,13,17-18H,3,6-7,9-10H2,1-2H3. The maximum Gasteiger partial charge on any atom is 0.241 e. The molecule has 1 aromatic rings. The van der Waals surface area contributed by atoms with Crippen LogP contribution in [-0.2, 0) is 16.6 Å². The van der Waals surface area contributed by atoms with E-state index in [9.17, 15) is 8.42 Å². The van der Waals surface area contributed by atoms with Gasteiger partial charge in [0.15, 0.2) is 0 Å². The molecule has 0 heterocycles. The summed E-state index contributed by atoms with van der Waals surface area (Å²) < 4.78 is 28.2. The number of hydrogen-bond acceptors (Lipinski definition) is 3. The van der Waals surface area contributed by atoms with Gasteiger partial charge in [0.2, 0.25) is 10.0 Å². The van der Waals surface area contributed by atoms with Crippen molar-refractivity contribution in [2.75, 3.05) is 13.1 Å². The second-order valence-corrected chi connectivity index (χ2v) is 8.36. The molecule has 0 spiro atoms. The van der Waals surface area contributed by atoms with Crippen molar-refractivity contribution < 1.29 is 8.42 Å². The van der Waals surface area contributed by atoms with Crippen molar-refractivity contribution in [1.82, 2.24) is 10.0 Å². The average Bonchev–Trinajstić information content (AvgIpc) is 3.15. The molecule has 2 atom stereocenters. The number of nitrogens with one attached hydrogen (secondary N) is 2. The van der Waals surface area contributed by atoms with Crippen LogP contribution >= 0.6 is 15.9 Å². The summed E-state index contributed by atoms with van der Waals surface area (Å²) in [7, 11) is -3.45. The first-order valence-corrected chi connectivity index (χ1v) is 9.70. The third-order valence-corrected chi connectivity index (χ3v) is 6.27. The molecule has 1 aliphatic carbocycles. The summed E-state index contributed by atoms with van der Waals surface area (Å²) in [4.78, 5) is 0.326. The number of benzene rings is 1. The maximum absolute atomic E-state index is 12.4. The molecular weight excluding hydrogens is 352 g/mol. The van der Waals surface area contributed by atoms with Crippen LogP contribution in [0.25, 0.3) is 0 Å². The van der Waals surface area contributed by atoms with E-state index in [4.69, 9.17) is 0 Å². The Morgan fingerprint density at radius 2 is 2.10 bits per heavy atom. The Morgan fingerprint density at radius 3 is 2.71 bits per heavy atom. The summed E-state index contributed by atoms with van der Waals surface area (Å²) in [5, 5.41) is 3.28. The predicted molar refractivity (Wildman–Crippen MR) is 88.6 cm³/mol. The Morgan fingerprint density at radius 1 is 1.38 bits per heavy atom. The van der Waals surface area contributed by atoms with Gasteiger partial charge in [-0.05, 0) is 64.8 Å². The average molecular weight is 375 g/mol. The topological polar surface area (TPSA) is 58.2 Å². The quantitative estimate of drug-likeness (QED) is 0.687. The Hall–Kier alpha value is -0.430. The lowest BCUT2D eigenvalue weighted by Crippen LogP contribution is -2.26. The lowest BCUT2D eigenvalue weighted by atomic mass is 10.2. The van der Waals surface area contributed by atoms with Gasteiger partial charge in [-0.15, -0.1) is 0 Å². The molecule has 2 rings (SSSR count). The molecule has 1 aliphatic rings. The van der Waals surface area contributed by atoms with Crippen molar-refractivity contribution in [1.29, 1.82) is 0 Å². The van der Waals surface area contributed by atoms with Gasteiger partial charge in [-0.2, -0.15) is 0 Å². The van der Waals surface area contributed by atoms with Gasteiger partial charge < -0.3 is 5.32 Å². The summed E-state index contributed by atoms with van der Waals surface area (Å²) in [5.74, 6) is 1.13. The van der Waals surface area contributed by atoms with E-state index in [1.54, 1.807) is 12.1 Å². The van der Waals surface area contributed by atoms with Gasteiger partial charge in [0.25, 0.3) is 0 Å². The molecular formula is C15H23BrN2O2S. The van der Waals surface area contributed by atoms with Gasteiger partial charge in [0.1, 0.15) is 0 Å². The van der Waals surface area contributed by atoms with Crippen molar-refractivity contribution in [3.05, 3.63) is 28.2 Å². The molecule has 0 saturated heterocycles. The Kier molecular flexibility index (Phi) is 5.82. The first kappa shape index (κ1) is 16.9. The Balaban J connectivity index is 2.07. The highest BCUT2D eigenvalue weighted by Gasteiger charge is 2.33. The predicted octanol–water partition coefficient (Wildman–Crippen LogP) is 2.88. The molecule has 0 aliphatic heterocycles. The van der Waals surface area contributed by atoms with Gasteiger partial charge in [-0.25, -0.2) is 13.1 Å².